The van der Waals surface area contributed by atoms with Gasteiger partial charge in [0.05, 0.1) is 17.4 Å². The summed E-state index contributed by atoms with van der Waals surface area (Å²) in [6.07, 6.45) is 0. The van der Waals surface area contributed by atoms with Gasteiger partial charge in [0.2, 0.25) is 11.8 Å². The summed E-state index contributed by atoms with van der Waals surface area (Å²) in [7, 11) is 0. The van der Waals surface area contributed by atoms with E-state index in [1.807, 2.05) is 66.0 Å². The van der Waals surface area contributed by atoms with Crippen molar-refractivity contribution in [2.75, 3.05) is 11.1 Å². The molecule has 0 saturated carbocycles. The summed E-state index contributed by atoms with van der Waals surface area (Å²) in [4.78, 5) is 28.3. The zero-order valence-corrected chi connectivity index (χ0v) is 16.1. The van der Waals surface area contributed by atoms with Crippen LogP contribution in [0.5, 0.6) is 0 Å². The van der Waals surface area contributed by atoms with Crippen molar-refractivity contribution < 1.29 is 9.59 Å². The third-order valence-electron chi connectivity index (χ3n) is 3.80. The lowest BCUT2D eigenvalue weighted by Gasteiger charge is -2.17. The second-order valence-corrected chi connectivity index (χ2v) is 7.69. The van der Waals surface area contributed by atoms with E-state index >= 15 is 0 Å². The summed E-state index contributed by atoms with van der Waals surface area (Å²) < 4.78 is 0. The van der Waals surface area contributed by atoms with Crippen molar-refractivity contribution in [1.29, 1.82) is 0 Å². The van der Waals surface area contributed by atoms with Gasteiger partial charge in [-0.05, 0) is 11.1 Å². The van der Waals surface area contributed by atoms with E-state index in [0.717, 1.165) is 16.8 Å². The number of carbonyl (C=O) groups excluding carboxylic acids is 2. The van der Waals surface area contributed by atoms with E-state index in [1.54, 1.807) is 0 Å². The normalized spacial score (nSPS) is 10.7. The Kier molecular flexibility index (Phi) is 6.62. The lowest BCUT2D eigenvalue weighted by molar-refractivity contribution is -0.117. The molecule has 138 valence electrons. The van der Waals surface area contributed by atoms with Gasteiger partial charge in [0.1, 0.15) is 0 Å². The van der Waals surface area contributed by atoms with E-state index < -0.39 is 5.92 Å². The van der Waals surface area contributed by atoms with E-state index in [-0.39, 0.29) is 17.6 Å². The molecule has 0 spiro atoms. The molecule has 0 unspecified atom stereocenters. The molecule has 0 atom stereocenters. The Morgan fingerprint density at radius 2 is 1.63 bits per heavy atom. The number of nitrogens with zero attached hydrogens (tertiary/aromatic N) is 1. The van der Waals surface area contributed by atoms with Gasteiger partial charge in [-0.1, -0.05) is 60.7 Å². The standard InChI is InChI=1S/C20H19N3O2S2/c21-17(24)13-26-11-16-12-27-20(22-16)23-19(25)18(14-7-3-1-4-8-14)15-9-5-2-6-10-15/h1-10,12,18H,11,13H2,(H2,21,24)(H,22,23,25). The molecule has 0 radical (unpaired) electrons. The molecular weight excluding hydrogens is 378 g/mol. The fourth-order valence-electron chi connectivity index (χ4n) is 2.65. The van der Waals surface area contributed by atoms with Gasteiger partial charge < -0.3 is 11.1 Å². The first-order chi connectivity index (χ1) is 13.1. The van der Waals surface area contributed by atoms with Crippen LogP contribution in [0, 0.1) is 0 Å². The van der Waals surface area contributed by atoms with Gasteiger partial charge in [-0.25, -0.2) is 4.98 Å². The average Bonchev–Trinajstić information content (AvgIpc) is 3.10. The molecule has 27 heavy (non-hydrogen) atoms. The number of thioether (sulfide) groups is 1. The first-order valence-corrected chi connectivity index (χ1v) is 10.4. The van der Waals surface area contributed by atoms with E-state index in [2.05, 4.69) is 10.3 Å². The zero-order chi connectivity index (χ0) is 19.1. The van der Waals surface area contributed by atoms with Crippen LogP contribution in [0.25, 0.3) is 0 Å². The maximum atomic E-state index is 13.0. The second kappa shape index (κ2) is 9.34. The molecular formula is C20H19N3O2S2. The number of anilines is 1. The fraction of sp³-hybridized carbons (Fsp3) is 0.150. The molecule has 3 N–H and O–H groups in total. The minimum absolute atomic E-state index is 0.127. The van der Waals surface area contributed by atoms with Gasteiger partial charge in [-0.3, -0.25) is 9.59 Å². The van der Waals surface area contributed by atoms with Gasteiger partial charge in [0.15, 0.2) is 5.13 Å². The first kappa shape index (κ1) is 19.1. The molecule has 5 nitrogen and oxygen atoms in total. The van der Waals surface area contributed by atoms with Crippen molar-refractivity contribution in [3.05, 3.63) is 82.9 Å². The summed E-state index contributed by atoms with van der Waals surface area (Å²) in [6.45, 7) is 0. The van der Waals surface area contributed by atoms with Gasteiger partial charge in [0, 0.05) is 11.1 Å². The van der Waals surface area contributed by atoms with Gasteiger partial charge in [0.25, 0.3) is 0 Å². The van der Waals surface area contributed by atoms with Crippen molar-refractivity contribution in [3.63, 3.8) is 0 Å². The summed E-state index contributed by atoms with van der Waals surface area (Å²) in [5, 5.41) is 5.35. The number of carbonyl (C=O) groups is 2. The molecule has 3 rings (SSSR count). The largest absolute Gasteiger partial charge is 0.369 e. The SMILES string of the molecule is NC(=O)CSCc1csc(NC(=O)C(c2ccccc2)c2ccccc2)n1. The molecule has 0 fully saturated rings. The predicted molar refractivity (Wildman–Crippen MR) is 111 cm³/mol. The lowest BCUT2D eigenvalue weighted by Crippen LogP contribution is -2.22. The van der Waals surface area contributed by atoms with Crippen LogP contribution >= 0.6 is 23.1 Å². The molecule has 0 saturated heterocycles. The highest BCUT2D eigenvalue weighted by Crippen LogP contribution is 2.27. The number of nitrogens with two attached hydrogens (primary N) is 1. The van der Waals surface area contributed by atoms with Crippen LogP contribution in [0.1, 0.15) is 22.7 Å². The predicted octanol–water partition coefficient (Wildman–Crippen LogP) is 3.63. The number of thiazole rings is 1. The van der Waals surface area contributed by atoms with Crippen LogP contribution in [0.4, 0.5) is 5.13 Å². The number of aromatic nitrogens is 1. The monoisotopic (exact) mass is 397 g/mol. The number of amides is 2. The van der Waals surface area contributed by atoms with Crippen molar-refractivity contribution >= 4 is 40.0 Å². The van der Waals surface area contributed by atoms with Gasteiger partial charge in [-0.2, -0.15) is 0 Å². The molecule has 0 bridgehead atoms. The molecule has 3 aromatic rings. The summed E-state index contributed by atoms with van der Waals surface area (Å²) in [6, 6.07) is 19.4. The molecule has 7 heteroatoms. The highest BCUT2D eigenvalue weighted by atomic mass is 32.2. The number of benzene rings is 2. The van der Waals surface area contributed by atoms with E-state index in [9.17, 15) is 9.59 Å². The summed E-state index contributed by atoms with van der Waals surface area (Å²) in [5.41, 5.74) is 7.81. The Labute approximate surface area is 166 Å². The number of hydrogen-bond donors (Lipinski definition) is 2. The van der Waals surface area contributed by atoms with Crippen LogP contribution in [0.2, 0.25) is 0 Å². The molecule has 1 aromatic heterocycles. The van der Waals surface area contributed by atoms with Crippen LogP contribution in [0.3, 0.4) is 0 Å². The summed E-state index contributed by atoms with van der Waals surface area (Å²) >= 11 is 2.78. The minimum atomic E-state index is -0.413. The third-order valence-corrected chi connectivity index (χ3v) is 5.60. The number of primary amides is 1. The van der Waals surface area contributed by atoms with Gasteiger partial charge in [-0.15, -0.1) is 23.1 Å². The van der Waals surface area contributed by atoms with Crippen molar-refractivity contribution in [3.8, 4) is 0 Å². The van der Waals surface area contributed by atoms with Crippen LogP contribution in [0.15, 0.2) is 66.0 Å². The van der Waals surface area contributed by atoms with Crippen LogP contribution in [-0.4, -0.2) is 22.6 Å². The topological polar surface area (TPSA) is 85.1 Å². The quantitative estimate of drug-likeness (QED) is 0.608. The highest BCUT2D eigenvalue weighted by Gasteiger charge is 2.23. The molecule has 2 aromatic carbocycles. The molecule has 0 aliphatic heterocycles. The van der Waals surface area contributed by atoms with Crippen molar-refractivity contribution in [2.24, 2.45) is 5.73 Å². The van der Waals surface area contributed by atoms with E-state index in [4.69, 9.17) is 5.73 Å². The Hall–Kier alpha value is -2.64. The Morgan fingerprint density at radius 3 is 2.19 bits per heavy atom. The number of nitrogens with one attached hydrogen (secondary N) is 1. The maximum Gasteiger partial charge on any atom is 0.238 e. The number of rotatable bonds is 8. The molecule has 0 aliphatic rings. The maximum absolute atomic E-state index is 13.0. The Morgan fingerprint density at radius 1 is 1.04 bits per heavy atom. The lowest BCUT2D eigenvalue weighted by atomic mass is 9.90. The first-order valence-electron chi connectivity index (χ1n) is 8.34. The van der Waals surface area contributed by atoms with Crippen molar-refractivity contribution in [2.45, 2.75) is 11.7 Å². The van der Waals surface area contributed by atoms with Crippen LogP contribution in [-0.2, 0) is 15.3 Å². The van der Waals surface area contributed by atoms with Crippen molar-refractivity contribution in [1.82, 2.24) is 4.98 Å². The molecule has 2 amide bonds. The fourth-order valence-corrected chi connectivity index (χ4v) is 4.13. The third kappa shape index (κ3) is 5.42. The summed E-state index contributed by atoms with van der Waals surface area (Å²) in [5.74, 6) is -0.0567. The van der Waals surface area contributed by atoms with E-state index in [1.165, 1.54) is 23.1 Å². The molecule has 1 heterocycles. The number of hydrogen-bond acceptors (Lipinski definition) is 5. The van der Waals surface area contributed by atoms with E-state index in [0.29, 0.717) is 10.9 Å². The van der Waals surface area contributed by atoms with Gasteiger partial charge >= 0.3 is 0 Å². The smallest absolute Gasteiger partial charge is 0.238 e. The zero-order valence-electron chi connectivity index (χ0n) is 14.5. The highest BCUT2D eigenvalue weighted by molar-refractivity contribution is 7.99. The minimum Gasteiger partial charge on any atom is -0.369 e. The Balaban J connectivity index is 1.74. The second-order valence-electron chi connectivity index (χ2n) is 5.85. The Bertz CT molecular complexity index is 858. The average molecular weight is 398 g/mol. The van der Waals surface area contributed by atoms with Crippen LogP contribution < -0.4 is 11.1 Å². The molecule has 0 aliphatic carbocycles.